The van der Waals surface area contributed by atoms with Crippen molar-refractivity contribution in [3.8, 4) is 0 Å². The molecule has 1 atom stereocenters. The highest BCUT2D eigenvalue weighted by Gasteiger charge is 2.36. The van der Waals surface area contributed by atoms with Gasteiger partial charge < -0.3 is 10.2 Å². The lowest BCUT2D eigenvalue weighted by atomic mass is 10.0. The van der Waals surface area contributed by atoms with Crippen LogP contribution in [-0.2, 0) is 32.6 Å². The second-order valence-electron chi connectivity index (χ2n) is 12.1. The average molecular weight is 630 g/mol. The first kappa shape index (κ1) is 33.4. The number of hydrogen-bond donors (Lipinski definition) is 1. The predicted octanol–water partition coefficient (Wildman–Crippen LogP) is 6.19. The van der Waals surface area contributed by atoms with Crippen LogP contribution in [0.15, 0.2) is 108 Å². The molecule has 0 radical (unpaired) electrons. The van der Waals surface area contributed by atoms with Gasteiger partial charge in [-0.3, -0.25) is 13.9 Å². The quantitative estimate of drug-likeness (QED) is 0.214. The molecule has 0 aliphatic carbocycles. The van der Waals surface area contributed by atoms with Crippen molar-refractivity contribution in [3.05, 3.63) is 131 Å². The minimum absolute atomic E-state index is 0.0371. The molecule has 0 aliphatic heterocycles. The number of benzene rings is 4. The van der Waals surface area contributed by atoms with Gasteiger partial charge in [0.1, 0.15) is 18.4 Å². The third-order valence-electron chi connectivity index (χ3n) is 7.49. The molecule has 236 valence electrons. The monoisotopic (exact) mass is 629 g/mol. The zero-order valence-corrected chi connectivity index (χ0v) is 27.1. The summed E-state index contributed by atoms with van der Waals surface area (Å²) in [5.41, 5.74) is 2.76. The number of rotatable bonds is 11. The zero-order chi connectivity index (χ0) is 32.8. The summed E-state index contributed by atoms with van der Waals surface area (Å²) >= 11 is 0. The summed E-state index contributed by atoms with van der Waals surface area (Å²) in [5, 5.41) is 3.00. The van der Waals surface area contributed by atoms with E-state index in [1.165, 1.54) is 29.2 Å². The number of carbonyl (C=O) groups is 2. The van der Waals surface area contributed by atoms with Crippen molar-refractivity contribution in [3.63, 3.8) is 0 Å². The fourth-order valence-electron chi connectivity index (χ4n) is 5.03. The Balaban J connectivity index is 1.84. The third-order valence-corrected chi connectivity index (χ3v) is 9.26. The van der Waals surface area contributed by atoms with E-state index in [1.807, 2.05) is 71.0 Å². The highest BCUT2D eigenvalue weighted by molar-refractivity contribution is 7.92. The van der Waals surface area contributed by atoms with Crippen LogP contribution in [0.3, 0.4) is 0 Å². The lowest BCUT2D eigenvalue weighted by Gasteiger charge is -2.35. The molecular weight excluding hydrogens is 589 g/mol. The van der Waals surface area contributed by atoms with Crippen molar-refractivity contribution < 1.29 is 22.4 Å². The topological polar surface area (TPSA) is 86.8 Å². The van der Waals surface area contributed by atoms with Crippen molar-refractivity contribution in [2.24, 2.45) is 0 Å². The molecule has 0 fully saturated rings. The van der Waals surface area contributed by atoms with Gasteiger partial charge in [-0.1, -0.05) is 72.8 Å². The second kappa shape index (κ2) is 14.1. The van der Waals surface area contributed by atoms with E-state index in [4.69, 9.17) is 0 Å². The smallest absolute Gasteiger partial charge is 0.264 e. The van der Waals surface area contributed by atoms with Crippen LogP contribution in [0.5, 0.6) is 0 Å². The number of halogens is 1. The van der Waals surface area contributed by atoms with E-state index in [1.54, 1.807) is 42.5 Å². The first-order valence-electron chi connectivity index (χ1n) is 14.8. The second-order valence-corrected chi connectivity index (χ2v) is 14.0. The first-order chi connectivity index (χ1) is 21.3. The van der Waals surface area contributed by atoms with Gasteiger partial charge in [-0.15, -0.1) is 0 Å². The number of aryl methyl sites for hydroxylation is 1. The molecule has 9 heteroatoms. The van der Waals surface area contributed by atoms with Crippen molar-refractivity contribution >= 4 is 27.5 Å². The van der Waals surface area contributed by atoms with Gasteiger partial charge in [0.05, 0.1) is 10.6 Å². The Morgan fingerprint density at radius 3 is 2.00 bits per heavy atom. The molecule has 7 nitrogen and oxygen atoms in total. The first-order valence-corrected chi connectivity index (χ1v) is 16.2. The molecule has 4 aromatic carbocycles. The Hall–Kier alpha value is -4.50. The van der Waals surface area contributed by atoms with Gasteiger partial charge >= 0.3 is 0 Å². The van der Waals surface area contributed by atoms with Crippen LogP contribution in [0, 0.1) is 19.7 Å². The van der Waals surface area contributed by atoms with E-state index < -0.39 is 39.9 Å². The fourth-order valence-corrected chi connectivity index (χ4v) is 6.52. The minimum atomic E-state index is -4.20. The summed E-state index contributed by atoms with van der Waals surface area (Å²) in [7, 11) is -4.20. The highest BCUT2D eigenvalue weighted by atomic mass is 32.2. The molecule has 0 spiro atoms. The summed E-state index contributed by atoms with van der Waals surface area (Å²) in [6, 6.07) is 27.3. The van der Waals surface area contributed by atoms with Gasteiger partial charge in [-0.2, -0.15) is 0 Å². The van der Waals surface area contributed by atoms with Crippen LogP contribution in [0.2, 0.25) is 0 Å². The molecule has 4 aromatic rings. The van der Waals surface area contributed by atoms with Gasteiger partial charge in [0.25, 0.3) is 10.0 Å². The Labute approximate surface area is 265 Å². The van der Waals surface area contributed by atoms with Crippen LogP contribution in [0.4, 0.5) is 10.1 Å². The molecule has 0 saturated carbocycles. The maximum atomic E-state index is 14.5. The number of carbonyl (C=O) groups excluding carboxylic acids is 2. The van der Waals surface area contributed by atoms with E-state index in [2.05, 4.69) is 5.32 Å². The Morgan fingerprint density at radius 2 is 1.40 bits per heavy atom. The van der Waals surface area contributed by atoms with Gasteiger partial charge in [0.2, 0.25) is 11.8 Å². The number of nitrogens with one attached hydrogen (secondary N) is 1. The van der Waals surface area contributed by atoms with E-state index in [-0.39, 0.29) is 23.8 Å². The van der Waals surface area contributed by atoms with Crippen molar-refractivity contribution in [1.29, 1.82) is 0 Å². The molecule has 45 heavy (non-hydrogen) atoms. The molecule has 0 unspecified atom stereocenters. The number of sulfonamides is 1. The Kier molecular flexibility index (Phi) is 10.4. The van der Waals surface area contributed by atoms with Crippen molar-refractivity contribution in [2.75, 3.05) is 10.8 Å². The average Bonchev–Trinajstić information content (AvgIpc) is 3.00. The summed E-state index contributed by atoms with van der Waals surface area (Å²) < 4.78 is 43.3. The van der Waals surface area contributed by atoms with E-state index in [0.717, 1.165) is 15.4 Å². The number of anilines is 1. The number of amides is 2. The maximum absolute atomic E-state index is 14.5. The molecule has 0 heterocycles. The summed E-state index contributed by atoms with van der Waals surface area (Å²) in [4.78, 5) is 29.9. The maximum Gasteiger partial charge on any atom is 0.264 e. The fraction of sp³-hybridized carbons (Fsp3) is 0.278. The molecule has 1 N–H and O–H groups in total. The van der Waals surface area contributed by atoms with E-state index >= 15 is 0 Å². The molecule has 4 rings (SSSR count). The summed E-state index contributed by atoms with van der Waals surface area (Å²) in [6.07, 6.45) is 0.185. The van der Waals surface area contributed by atoms with Crippen LogP contribution in [0.25, 0.3) is 0 Å². The Morgan fingerprint density at radius 1 is 0.800 bits per heavy atom. The van der Waals surface area contributed by atoms with Gasteiger partial charge in [0.15, 0.2) is 0 Å². The Bertz CT molecular complexity index is 1720. The van der Waals surface area contributed by atoms with E-state index in [9.17, 15) is 22.4 Å². The molecule has 0 aliphatic rings. The SMILES string of the molecule is Cc1cccc(N(CC(=O)N(Cc2ccc(F)cc2)[C@@H](Cc2ccccc2)C(=O)NC(C)(C)C)S(=O)(=O)c2ccccc2)c1C. The predicted molar refractivity (Wildman–Crippen MR) is 176 cm³/mol. The van der Waals surface area contributed by atoms with Crippen LogP contribution in [-0.4, -0.2) is 43.3 Å². The third kappa shape index (κ3) is 8.57. The number of nitrogens with zero attached hydrogens (tertiary/aromatic N) is 2. The van der Waals surface area contributed by atoms with E-state index in [0.29, 0.717) is 16.8 Å². The molecule has 0 saturated heterocycles. The van der Waals surface area contributed by atoms with Gasteiger partial charge in [-0.25, -0.2) is 12.8 Å². The van der Waals surface area contributed by atoms with Crippen molar-refractivity contribution in [2.45, 2.75) is 64.1 Å². The van der Waals surface area contributed by atoms with Gasteiger partial charge in [-0.05, 0) is 87.2 Å². The van der Waals surface area contributed by atoms with Crippen molar-refractivity contribution in [1.82, 2.24) is 10.2 Å². The largest absolute Gasteiger partial charge is 0.350 e. The lowest BCUT2D eigenvalue weighted by molar-refractivity contribution is -0.140. The number of hydrogen-bond acceptors (Lipinski definition) is 4. The zero-order valence-electron chi connectivity index (χ0n) is 26.3. The summed E-state index contributed by atoms with van der Waals surface area (Å²) in [5.74, 6) is -1.39. The van der Waals surface area contributed by atoms with Crippen LogP contribution < -0.4 is 9.62 Å². The molecule has 0 bridgehead atoms. The molecule has 0 aromatic heterocycles. The summed E-state index contributed by atoms with van der Waals surface area (Å²) in [6.45, 7) is 8.65. The van der Waals surface area contributed by atoms with Gasteiger partial charge in [0, 0.05) is 18.5 Å². The normalized spacial score (nSPS) is 12.3. The van der Waals surface area contributed by atoms with Crippen LogP contribution in [0.1, 0.15) is 43.0 Å². The molecule has 2 amide bonds. The lowest BCUT2D eigenvalue weighted by Crippen LogP contribution is -2.56. The molecular formula is C36H40FN3O4S. The standard InChI is InChI=1S/C36H40FN3O4S/c1-26-13-12-18-32(27(26)2)40(45(43,44)31-16-10-7-11-17-31)25-34(41)39(24-29-19-21-30(37)22-20-29)33(35(42)38-36(3,4)5)23-28-14-8-6-9-15-28/h6-22,33H,23-25H2,1-5H3,(H,38,42)/t33-/m0/s1. The minimum Gasteiger partial charge on any atom is -0.350 e. The highest BCUT2D eigenvalue weighted by Crippen LogP contribution is 2.29. The van der Waals surface area contributed by atoms with Crippen LogP contribution >= 0.6 is 0 Å².